The average Bonchev–Trinajstić information content (AvgIpc) is 3.38. The smallest absolute Gasteiger partial charge is 0.175 e. The van der Waals surface area contributed by atoms with Crippen molar-refractivity contribution in [2.45, 2.75) is 18.3 Å². The molecule has 2 unspecified atom stereocenters. The molecule has 2 heterocycles. The number of methoxy groups -OCH3 is 1. The number of nitrogens with zero attached hydrogens (tertiary/aromatic N) is 2. The highest BCUT2D eigenvalue weighted by Gasteiger charge is 2.45. The van der Waals surface area contributed by atoms with Crippen molar-refractivity contribution in [2.75, 3.05) is 25.2 Å². The van der Waals surface area contributed by atoms with Gasteiger partial charge in [-0.3, -0.25) is 4.99 Å². The first-order valence-electron chi connectivity index (χ1n) is 9.30. The molecule has 2 aliphatic heterocycles. The summed E-state index contributed by atoms with van der Waals surface area (Å²) in [6.45, 7) is 2.65. The zero-order valence-corrected chi connectivity index (χ0v) is 17.9. The third-order valence-electron chi connectivity index (χ3n) is 4.96. The minimum Gasteiger partial charge on any atom is -0.497 e. The van der Waals surface area contributed by atoms with Crippen LogP contribution >= 0.6 is 11.8 Å². The van der Waals surface area contributed by atoms with Gasteiger partial charge in [-0.25, -0.2) is 8.42 Å². The molecule has 2 aromatic rings. The normalized spacial score (nSPS) is 21.4. The lowest BCUT2D eigenvalue weighted by molar-refractivity contribution is 0.0871. The number of rotatable bonds is 6. The van der Waals surface area contributed by atoms with Gasteiger partial charge in [-0.2, -0.15) is 0 Å². The SMILES string of the molecule is COc1ccc(C2=NOC(c3ccc(C)cc3)C2S(=O)(=O)CC2=NCCS2)cc1. The Bertz CT molecular complexity index is 1050. The van der Waals surface area contributed by atoms with Crippen LogP contribution in [0.25, 0.3) is 0 Å². The van der Waals surface area contributed by atoms with Crippen LogP contribution in [0.3, 0.4) is 0 Å². The van der Waals surface area contributed by atoms with Crippen molar-refractivity contribution in [2.24, 2.45) is 10.1 Å². The van der Waals surface area contributed by atoms with Gasteiger partial charge in [0.2, 0.25) is 0 Å². The number of sulfone groups is 1. The van der Waals surface area contributed by atoms with Crippen LogP contribution in [0.4, 0.5) is 0 Å². The number of thioether (sulfide) groups is 1. The van der Waals surface area contributed by atoms with E-state index in [-0.39, 0.29) is 5.75 Å². The van der Waals surface area contributed by atoms with Crippen LogP contribution in [0.2, 0.25) is 0 Å². The van der Waals surface area contributed by atoms with Crippen LogP contribution in [0.1, 0.15) is 22.8 Å². The third kappa shape index (κ3) is 4.18. The van der Waals surface area contributed by atoms with E-state index in [1.807, 2.05) is 43.3 Å². The Morgan fingerprint density at radius 2 is 1.86 bits per heavy atom. The molecule has 0 aliphatic carbocycles. The highest BCUT2D eigenvalue weighted by Crippen LogP contribution is 2.36. The van der Waals surface area contributed by atoms with E-state index in [4.69, 9.17) is 9.57 Å². The summed E-state index contributed by atoms with van der Waals surface area (Å²) >= 11 is 1.50. The van der Waals surface area contributed by atoms with Gasteiger partial charge in [0.15, 0.2) is 21.2 Å². The fraction of sp³-hybridized carbons (Fsp3) is 0.333. The summed E-state index contributed by atoms with van der Waals surface area (Å²) in [6.07, 6.45) is -0.690. The fourth-order valence-corrected chi connectivity index (χ4v) is 6.57. The van der Waals surface area contributed by atoms with Crippen LogP contribution in [0, 0.1) is 6.92 Å². The van der Waals surface area contributed by atoms with Gasteiger partial charge in [0.25, 0.3) is 0 Å². The van der Waals surface area contributed by atoms with Crippen LogP contribution in [-0.4, -0.2) is 49.6 Å². The molecule has 8 heteroatoms. The molecular formula is C21H22N2O4S2. The largest absolute Gasteiger partial charge is 0.497 e. The number of hydrogen-bond donors (Lipinski definition) is 0. The predicted octanol–water partition coefficient (Wildman–Crippen LogP) is 3.41. The summed E-state index contributed by atoms with van der Waals surface area (Å²) < 4.78 is 32.1. The molecule has 0 N–H and O–H groups in total. The summed E-state index contributed by atoms with van der Waals surface area (Å²) in [5.41, 5.74) is 3.01. The molecule has 6 nitrogen and oxygen atoms in total. The van der Waals surface area contributed by atoms with Crippen LogP contribution < -0.4 is 4.74 Å². The second-order valence-corrected chi connectivity index (χ2v) is 10.3. The quantitative estimate of drug-likeness (QED) is 0.702. The molecule has 0 saturated carbocycles. The summed E-state index contributed by atoms with van der Waals surface area (Å²) in [4.78, 5) is 10.0. The standard InChI is InChI=1S/C21H22N2O4S2/c1-14-3-5-16(6-4-14)20-21(29(24,25)13-18-22-11-12-28-18)19(23-27-20)15-7-9-17(26-2)10-8-15/h3-10,20-21H,11-13H2,1-2H3. The van der Waals surface area contributed by atoms with Crippen molar-refractivity contribution in [3.05, 3.63) is 65.2 Å². The Morgan fingerprint density at radius 1 is 1.14 bits per heavy atom. The molecule has 0 radical (unpaired) electrons. The number of ether oxygens (including phenoxy) is 1. The van der Waals surface area contributed by atoms with E-state index in [9.17, 15) is 8.42 Å². The van der Waals surface area contributed by atoms with Crippen molar-refractivity contribution in [3.63, 3.8) is 0 Å². The summed E-state index contributed by atoms with van der Waals surface area (Å²) in [6, 6.07) is 14.9. The fourth-order valence-electron chi connectivity index (χ4n) is 3.42. The van der Waals surface area contributed by atoms with E-state index in [1.165, 1.54) is 11.8 Å². The van der Waals surface area contributed by atoms with Crippen molar-refractivity contribution in [3.8, 4) is 5.75 Å². The molecule has 152 valence electrons. The summed E-state index contributed by atoms with van der Waals surface area (Å²) in [5.74, 6) is 1.43. The Kier molecular flexibility index (Phi) is 5.65. The highest BCUT2D eigenvalue weighted by atomic mass is 32.2. The maximum Gasteiger partial charge on any atom is 0.175 e. The number of hydrogen-bond acceptors (Lipinski definition) is 7. The Balaban J connectivity index is 1.72. The molecule has 0 saturated heterocycles. The van der Waals surface area contributed by atoms with E-state index < -0.39 is 21.2 Å². The third-order valence-corrected chi connectivity index (χ3v) is 8.06. The topological polar surface area (TPSA) is 77.3 Å². The monoisotopic (exact) mass is 430 g/mol. The van der Waals surface area contributed by atoms with E-state index in [2.05, 4.69) is 10.1 Å². The second kappa shape index (κ2) is 8.20. The zero-order valence-electron chi connectivity index (χ0n) is 16.2. The van der Waals surface area contributed by atoms with Crippen LogP contribution in [-0.2, 0) is 14.7 Å². The van der Waals surface area contributed by atoms with E-state index >= 15 is 0 Å². The van der Waals surface area contributed by atoms with Gasteiger partial charge in [0, 0.05) is 17.9 Å². The van der Waals surface area contributed by atoms with Crippen LogP contribution in [0.5, 0.6) is 5.75 Å². The number of oxime groups is 1. The molecule has 2 atom stereocenters. The van der Waals surface area contributed by atoms with Gasteiger partial charge in [-0.15, -0.1) is 11.8 Å². The van der Waals surface area contributed by atoms with Crippen molar-refractivity contribution >= 4 is 32.4 Å². The Morgan fingerprint density at radius 3 is 2.48 bits per heavy atom. The molecule has 2 aromatic carbocycles. The van der Waals surface area contributed by atoms with Gasteiger partial charge < -0.3 is 9.57 Å². The second-order valence-electron chi connectivity index (χ2n) is 6.99. The number of aliphatic imine (C=N–C) groups is 1. The van der Waals surface area contributed by atoms with E-state index in [1.54, 1.807) is 19.2 Å². The van der Waals surface area contributed by atoms with Gasteiger partial charge >= 0.3 is 0 Å². The van der Waals surface area contributed by atoms with Crippen molar-refractivity contribution in [1.29, 1.82) is 0 Å². The molecule has 29 heavy (non-hydrogen) atoms. The molecule has 0 spiro atoms. The summed E-state index contributed by atoms with van der Waals surface area (Å²) in [7, 11) is -2.01. The van der Waals surface area contributed by atoms with Crippen LogP contribution in [0.15, 0.2) is 58.7 Å². The first-order chi connectivity index (χ1) is 14.0. The van der Waals surface area contributed by atoms with Gasteiger partial charge in [0.05, 0.1) is 17.9 Å². The maximum atomic E-state index is 13.5. The maximum absolute atomic E-state index is 13.5. The minimum atomic E-state index is -3.60. The minimum absolute atomic E-state index is 0.0940. The lowest BCUT2D eigenvalue weighted by atomic mass is 9.99. The lowest BCUT2D eigenvalue weighted by Crippen LogP contribution is -2.36. The zero-order chi connectivity index (χ0) is 20.4. The molecule has 0 fully saturated rings. The molecular weight excluding hydrogens is 408 g/mol. The molecule has 0 amide bonds. The predicted molar refractivity (Wildman–Crippen MR) is 117 cm³/mol. The molecule has 4 rings (SSSR count). The van der Waals surface area contributed by atoms with E-state index in [0.29, 0.717) is 28.6 Å². The Hall–Kier alpha value is -2.32. The average molecular weight is 431 g/mol. The molecule has 0 bridgehead atoms. The molecule has 0 aromatic heterocycles. The Labute approximate surface area is 174 Å². The van der Waals surface area contributed by atoms with E-state index in [0.717, 1.165) is 16.9 Å². The first-order valence-corrected chi connectivity index (χ1v) is 12.0. The van der Waals surface area contributed by atoms with Gasteiger partial charge in [-0.1, -0.05) is 35.0 Å². The van der Waals surface area contributed by atoms with Crippen molar-refractivity contribution < 1.29 is 18.0 Å². The first kappa shape index (κ1) is 20.0. The van der Waals surface area contributed by atoms with Gasteiger partial charge in [-0.05, 0) is 36.8 Å². The highest BCUT2D eigenvalue weighted by molar-refractivity contribution is 8.15. The molecule has 2 aliphatic rings. The number of benzene rings is 2. The lowest BCUT2D eigenvalue weighted by Gasteiger charge is -2.20. The number of aryl methyl sites for hydroxylation is 1. The summed E-state index contributed by atoms with van der Waals surface area (Å²) in [5, 5.41) is 3.97. The van der Waals surface area contributed by atoms with Crippen molar-refractivity contribution in [1.82, 2.24) is 0 Å². The van der Waals surface area contributed by atoms with Gasteiger partial charge in [0.1, 0.15) is 11.5 Å².